The monoisotopic (exact) mass is 331 g/mol. The summed E-state index contributed by atoms with van der Waals surface area (Å²) in [6.07, 6.45) is -0.404. The molecule has 0 radical (unpaired) electrons. The van der Waals surface area contributed by atoms with E-state index in [4.69, 9.17) is 5.26 Å². The van der Waals surface area contributed by atoms with Gasteiger partial charge < -0.3 is 15.1 Å². The Morgan fingerprint density at radius 1 is 1.33 bits per heavy atom. The van der Waals surface area contributed by atoms with Crippen molar-refractivity contribution in [2.45, 2.75) is 6.42 Å². The Labute approximate surface area is 138 Å². The highest BCUT2D eigenvalue weighted by Gasteiger charge is 2.24. The normalized spacial score (nSPS) is 14.8. The Balaban J connectivity index is 2.22. The Bertz CT molecular complexity index is 704. The number of carbonyl (C=O) groups excluding carboxylic acids is 2. The maximum atomic E-state index is 12.5. The number of nitrogens with one attached hydrogen (secondary N) is 1. The quantitative estimate of drug-likeness (QED) is 0.645. The zero-order chi connectivity index (χ0) is 17.7. The molecule has 24 heavy (non-hydrogen) atoms. The maximum Gasteiger partial charge on any atom is 0.293 e. The average molecular weight is 331 g/mol. The van der Waals surface area contributed by atoms with Crippen molar-refractivity contribution in [1.82, 2.24) is 9.80 Å². The molecule has 0 saturated carbocycles. The van der Waals surface area contributed by atoms with Gasteiger partial charge in [-0.25, -0.2) is 0 Å². The predicted octanol–water partition coefficient (Wildman–Crippen LogP) is 0.835. The molecule has 0 atom stereocenters. The summed E-state index contributed by atoms with van der Waals surface area (Å²) in [6.45, 7) is 2.61. The number of benzene rings is 1. The van der Waals surface area contributed by atoms with E-state index in [1.54, 1.807) is 11.0 Å². The summed E-state index contributed by atoms with van der Waals surface area (Å²) in [4.78, 5) is 38.2. The largest absolute Gasteiger partial charge is 0.336 e. The maximum absolute atomic E-state index is 12.5. The Kier molecular flexibility index (Phi) is 5.44. The highest BCUT2D eigenvalue weighted by molar-refractivity contribution is 5.98. The number of hydrogen-bond acceptors (Lipinski definition) is 6. The Morgan fingerprint density at radius 3 is 2.58 bits per heavy atom. The van der Waals surface area contributed by atoms with Crippen molar-refractivity contribution in [1.29, 1.82) is 5.26 Å². The molecule has 1 saturated heterocycles. The molecule has 1 aromatic carbocycles. The summed E-state index contributed by atoms with van der Waals surface area (Å²) in [5, 5.41) is 22.0. The van der Waals surface area contributed by atoms with Crippen LogP contribution >= 0.6 is 0 Å². The number of nitrogens with zero attached hydrogens (tertiary/aromatic N) is 4. The van der Waals surface area contributed by atoms with Crippen molar-refractivity contribution in [3.63, 3.8) is 0 Å². The molecular weight excluding hydrogens is 314 g/mol. The second kappa shape index (κ2) is 7.52. The molecule has 0 aliphatic carbocycles. The summed E-state index contributed by atoms with van der Waals surface area (Å²) in [5.74, 6) is -0.917. The van der Waals surface area contributed by atoms with Crippen molar-refractivity contribution >= 4 is 23.2 Å². The minimum Gasteiger partial charge on any atom is -0.336 e. The van der Waals surface area contributed by atoms with Crippen LogP contribution in [0.1, 0.15) is 16.8 Å². The minimum absolute atomic E-state index is 0.0322. The van der Waals surface area contributed by atoms with Gasteiger partial charge in [0.2, 0.25) is 5.91 Å². The summed E-state index contributed by atoms with van der Waals surface area (Å²) in [6, 6.07) is 5.58. The van der Waals surface area contributed by atoms with Gasteiger partial charge in [-0.3, -0.25) is 19.7 Å². The first-order chi connectivity index (χ1) is 11.4. The number of likely N-dealkylation sites (N-methyl/N-ethyl adjacent to an activating group) is 1. The van der Waals surface area contributed by atoms with Gasteiger partial charge in [0.05, 0.1) is 11.0 Å². The number of rotatable bonds is 4. The van der Waals surface area contributed by atoms with E-state index >= 15 is 0 Å². The van der Waals surface area contributed by atoms with Gasteiger partial charge in [-0.1, -0.05) is 0 Å². The van der Waals surface area contributed by atoms with Gasteiger partial charge in [0.25, 0.3) is 11.6 Å². The highest BCUT2D eigenvalue weighted by atomic mass is 16.6. The van der Waals surface area contributed by atoms with Crippen LogP contribution in [0.5, 0.6) is 0 Å². The first-order valence-corrected chi connectivity index (χ1v) is 7.35. The van der Waals surface area contributed by atoms with E-state index in [9.17, 15) is 19.7 Å². The van der Waals surface area contributed by atoms with Crippen molar-refractivity contribution in [2.24, 2.45) is 0 Å². The van der Waals surface area contributed by atoms with Crippen LogP contribution in [0.3, 0.4) is 0 Å². The topological polar surface area (TPSA) is 120 Å². The lowest BCUT2D eigenvalue weighted by Gasteiger charge is -2.32. The number of carbonyl (C=O) groups is 2. The Hall–Kier alpha value is -2.99. The Morgan fingerprint density at radius 2 is 2.00 bits per heavy atom. The van der Waals surface area contributed by atoms with Gasteiger partial charge in [0, 0.05) is 37.8 Å². The van der Waals surface area contributed by atoms with Gasteiger partial charge in [0.1, 0.15) is 12.1 Å². The third-order valence-electron chi connectivity index (χ3n) is 3.75. The highest BCUT2D eigenvalue weighted by Crippen LogP contribution is 2.26. The zero-order valence-electron chi connectivity index (χ0n) is 13.2. The molecule has 1 fully saturated rings. The first-order valence-electron chi connectivity index (χ1n) is 7.35. The molecule has 0 aromatic heterocycles. The molecule has 0 spiro atoms. The molecule has 0 bridgehead atoms. The lowest BCUT2D eigenvalue weighted by atomic mass is 10.1. The third-order valence-corrected chi connectivity index (χ3v) is 3.75. The molecule has 1 aliphatic rings. The summed E-state index contributed by atoms with van der Waals surface area (Å²) in [5.41, 5.74) is -0.207. The standard InChI is InChI=1S/C15H17N5O4/c1-18-6-8-19(9-7-18)15(22)11-2-3-12(13(10-11)20(23)24)17-14(21)4-5-16/h2-3,10H,4,6-9H2,1H3,(H,17,21). The van der Waals surface area contributed by atoms with Crippen molar-refractivity contribution in [3.8, 4) is 6.07 Å². The molecule has 9 heteroatoms. The average Bonchev–Trinajstić information content (AvgIpc) is 2.55. The smallest absolute Gasteiger partial charge is 0.293 e. The van der Waals surface area contributed by atoms with Crippen LogP contribution in [0, 0.1) is 21.4 Å². The fourth-order valence-electron chi connectivity index (χ4n) is 2.38. The summed E-state index contributed by atoms with van der Waals surface area (Å²) >= 11 is 0. The second-order valence-electron chi connectivity index (χ2n) is 5.47. The minimum atomic E-state index is -0.664. The van der Waals surface area contributed by atoms with E-state index in [0.29, 0.717) is 13.1 Å². The van der Waals surface area contributed by atoms with Gasteiger partial charge in [-0.15, -0.1) is 0 Å². The first kappa shape index (κ1) is 17.4. The molecule has 1 aromatic rings. The van der Waals surface area contributed by atoms with Crippen molar-refractivity contribution in [3.05, 3.63) is 33.9 Å². The summed E-state index contributed by atoms with van der Waals surface area (Å²) in [7, 11) is 1.96. The molecule has 1 heterocycles. The van der Waals surface area contributed by atoms with Gasteiger partial charge in [0.15, 0.2) is 0 Å². The fraction of sp³-hybridized carbons (Fsp3) is 0.400. The third kappa shape index (κ3) is 4.05. The van der Waals surface area contributed by atoms with Crippen LogP contribution in [-0.2, 0) is 4.79 Å². The fourth-order valence-corrected chi connectivity index (χ4v) is 2.38. The van der Waals surface area contributed by atoms with E-state index in [0.717, 1.165) is 19.2 Å². The van der Waals surface area contributed by atoms with E-state index in [2.05, 4.69) is 10.2 Å². The van der Waals surface area contributed by atoms with Crippen LogP contribution in [0.25, 0.3) is 0 Å². The second-order valence-corrected chi connectivity index (χ2v) is 5.47. The van der Waals surface area contributed by atoms with Gasteiger partial charge in [-0.05, 0) is 19.2 Å². The number of hydrogen-bond donors (Lipinski definition) is 1. The van der Waals surface area contributed by atoms with Crippen molar-refractivity contribution in [2.75, 3.05) is 38.5 Å². The van der Waals surface area contributed by atoms with Gasteiger partial charge >= 0.3 is 0 Å². The van der Waals surface area contributed by atoms with Crippen LogP contribution in [0.4, 0.5) is 11.4 Å². The van der Waals surface area contributed by atoms with Crippen LogP contribution < -0.4 is 5.32 Å². The lowest BCUT2D eigenvalue weighted by Crippen LogP contribution is -2.47. The molecule has 1 aliphatic heterocycles. The SMILES string of the molecule is CN1CCN(C(=O)c2ccc(NC(=O)CC#N)c([N+](=O)[O-])c2)CC1. The molecule has 2 amide bonds. The predicted molar refractivity (Wildman–Crippen MR) is 85.4 cm³/mol. The van der Waals surface area contributed by atoms with Crippen LogP contribution in [0.15, 0.2) is 18.2 Å². The van der Waals surface area contributed by atoms with E-state index in [-0.39, 0.29) is 22.8 Å². The molecule has 126 valence electrons. The van der Waals surface area contributed by atoms with Crippen LogP contribution in [-0.4, -0.2) is 59.8 Å². The number of nitro benzene ring substituents is 1. The summed E-state index contributed by atoms with van der Waals surface area (Å²) < 4.78 is 0. The molecule has 0 unspecified atom stereocenters. The molecule has 2 rings (SSSR count). The number of nitriles is 1. The van der Waals surface area contributed by atoms with E-state index < -0.39 is 17.3 Å². The molecule has 9 nitrogen and oxygen atoms in total. The lowest BCUT2D eigenvalue weighted by molar-refractivity contribution is -0.384. The number of nitro groups is 1. The van der Waals surface area contributed by atoms with E-state index in [1.807, 2.05) is 7.05 Å². The number of anilines is 1. The van der Waals surface area contributed by atoms with E-state index in [1.165, 1.54) is 12.1 Å². The number of amides is 2. The zero-order valence-corrected chi connectivity index (χ0v) is 13.2. The van der Waals surface area contributed by atoms with Crippen molar-refractivity contribution < 1.29 is 14.5 Å². The molecular formula is C15H17N5O4. The van der Waals surface area contributed by atoms with Crippen LogP contribution in [0.2, 0.25) is 0 Å². The molecule has 1 N–H and O–H groups in total. The number of piperazine rings is 1. The van der Waals surface area contributed by atoms with Gasteiger partial charge in [-0.2, -0.15) is 5.26 Å².